The molecule has 4 rings (SSSR count). The Balaban J connectivity index is 1.57. The summed E-state index contributed by atoms with van der Waals surface area (Å²) in [6, 6.07) is 14.9. The zero-order valence-electron chi connectivity index (χ0n) is 15.0. The molecular formula is C19H18N4O4S. The molecule has 0 aliphatic carbocycles. The number of nitrogens with two attached hydrogens (primary N) is 1. The summed E-state index contributed by atoms with van der Waals surface area (Å²) in [5.74, 6) is 1.00. The summed E-state index contributed by atoms with van der Waals surface area (Å²) in [5.41, 5.74) is 7.94. The first kappa shape index (κ1) is 17.9. The van der Waals surface area contributed by atoms with Gasteiger partial charge in [0.2, 0.25) is 5.55 Å². The van der Waals surface area contributed by atoms with Crippen molar-refractivity contribution in [2.75, 3.05) is 23.4 Å². The highest BCUT2D eigenvalue weighted by molar-refractivity contribution is 7.92. The molecular weight excluding hydrogens is 380 g/mol. The molecule has 0 atom stereocenters. The summed E-state index contributed by atoms with van der Waals surface area (Å²) in [4.78, 5) is 6.27. The van der Waals surface area contributed by atoms with Gasteiger partial charge in [0.1, 0.15) is 18.2 Å². The lowest BCUT2D eigenvalue weighted by molar-refractivity contribution is 0.413. The van der Waals surface area contributed by atoms with Gasteiger partial charge in [-0.05, 0) is 42.5 Å². The van der Waals surface area contributed by atoms with Crippen LogP contribution in [0.1, 0.15) is 0 Å². The Morgan fingerprint density at radius 2 is 1.96 bits per heavy atom. The normalized spacial score (nSPS) is 13.6. The van der Waals surface area contributed by atoms with Gasteiger partial charge in [-0.25, -0.2) is 13.4 Å². The molecule has 0 amide bonds. The largest absolute Gasteiger partial charge is 0.497 e. The number of methoxy groups -OCH3 is 1. The number of hydrogen-bond acceptors (Lipinski definition) is 7. The Morgan fingerprint density at radius 3 is 2.71 bits per heavy atom. The van der Waals surface area contributed by atoms with Crippen LogP contribution in [0.3, 0.4) is 0 Å². The van der Waals surface area contributed by atoms with Crippen molar-refractivity contribution in [1.29, 1.82) is 0 Å². The fourth-order valence-corrected chi connectivity index (χ4v) is 3.98. The van der Waals surface area contributed by atoms with Gasteiger partial charge in [-0.2, -0.15) is 0 Å². The molecule has 0 unspecified atom stereocenters. The molecule has 0 spiro atoms. The van der Waals surface area contributed by atoms with Crippen LogP contribution in [0.2, 0.25) is 0 Å². The number of fused-ring (bicyclic) bond motifs is 1. The molecule has 144 valence electrons. The van der Waals surface area contributed by atoms with Gasteiger partial charge in [-0.1, -0.05) is 6.07 Å². The molecule has 0 radical (unpaired) electrons. The summed E-state index contributed by atoms with van der Waals surface area (Å²) in [6.07, 6.45) is 1.54. The Labute approximate surface area is 161 Å². The highest BCUT2D eigenvalue weighted by atomic mass is 32.2. The monoisotopic (exact) mass is 398 g/mol. The fourth-order valence-electron chi connectivity index (χ4n) is 2.89. The van der Waals surface area contributed by atoms with Gasteiger partial charge in [-0.3, -0.25) is 4.72 Å². The van der Waals surface area contributed by atoms with Gasteiger partial charge in [0.25, 0.3) is 10.0 Å². The van der Waals surface area contributed by atoms with E-state index in [1.807, 2.05) is 4.90 Å². The molecule has 1 aromatic heterocycles. The molecule has 9 heteroatoms. The lowest BCUT2D eigenvalue weighted by Crippen LogP contribution is -2.42. The van der Waals surface area contributed by atoms with Crippen LogP contribution >= 0.6 is 0 Å². The van der Waals surface area contributed by atoms with Crippen molar-refractivity contribution < 1.29 is 17.6 Å². The summed E-state index contributed by atoms with van der Waals surface area (Å²) < 4.78 is 38.1. The molecule has 2 heterocycles. The third-order valence-electron chi connectivity index (χ3n) is 4.35. The Kier molecular flexibility index (Phi) is 4.44. The van der Waals surface area contributed by atoms with E-state index >= 15 is 0 Å². The second-order valence-electron chi connectivity index (χ2n) is 6.08. The molecule has 2 aromatic carbocycles. The van der Waals surface area contributed by atoms with E-state index in [2.05, 4.69) is 9.71 Å². The minimum Gasteiger partial charge on any atom is -0.497 e. The number of hydrogen-bond donors (Lipinski definition) is 2. The molecule has 0 bridgehead atoms. The first-order valence-corrected chi connectivity index (χ1v) is 9.88. The fraction of sp³-hybridized carbons (Fsp3) is 0.105. The molecule has 0 fully saturated rings. The zero-order valence-corrected chi connectivity index (χ0v) is 15.8. The van der Waals surface area contributed by atoms with Crippen LogP contribution in [0.25, 0.3) is 5.82 Å². The maximum absolute atomic E-state index is 12.6. The lowest BCUT2D eigenvalue weighted by atomic mass is 10.2. The van der Waals surface area contributed by atoms with E-state index in [0.717, 1.165) is 10.9 Å². The van der Waals surface area contributed by atoms with Crippen molar-refractivity contribution in [3.8, 4) is 5.75 Å². The predicted octanol–water partition coefficient (Wildman–Crippen LogP) is 1.21. The van der Waals surface area contributed by atoms with E-state index < -0.39 is 10.0 Å². The van der Waals surface area contributed by atoms with E-state index in [1.165, 1.54) is 19.2 Å². The quantitative estimate of drug-likeness (QED) is 0.669. The number of furan rings is 1. The molecule has 3 N–H and O–H groups in total. The van der Waals surface area contributed by atoms with Crippen LogP contribution in [-0.2, 0) is 10.0 Å². The Morgan fingerprint density at radius 1 is 1.18 bits per heavy atom. The van der Waals surface area contributed by atoms with E-state index in [-0.39, 0.29) is 4.90 Å². The van der Waals surface area contributed by atoms with Crippen LogP contribution in [-0.4, -0.2) is 22.2 Å². The Hall–Kier alpha value is -3.46. The van der Waals surface area contributed by atoms with Crippen molar-refractivity contribution in [3.05, 3.63) is 71.6 Å². The van der Waals surface area contributed by atoms with Crippen LogP contribution < -0.4 is 30.9 Å². The summed E-state index contributed by atoms with van der Waals surface area (Å²) >= 11 is 0. The maximum Gasteiger partial charge on any atom is 0.262 e. The molecule has 3 aromatic rings. The maximum atomic E-state index is 12.6. The second kappa shape index (κ2) is 6.93. The molecule has 1 aliphatic heterocycles. The van der Waals surface area contributed by atoms with Crippen LogP contribution in [0, 0.1) is 0 Å². The summed E-state index contributed by atoms with van der Waals surface area (Å²) in [5, 5.41) is 0.731. The zero-order chi connectivity index (χ0) is 19.7. The minimum atomic E-state index is -3.73. The predicted molar refractivity (Wildman–Crippen MR) is 105 cm³/mol. The van der Waals surface area contributed by atoms with Gasteiger partial charge in [0.15, 0.2) is 0 Å². The molecule has 0 saturated carbocycles. The molecule has 28 heavy (non-hydrogen) atoms. The van der Waals surface area contributed by atoms with Crippen LogP contribution in [0.4, 0.5) is 11.4 Å². The number of sulfonamides is 1. The van der Waals surface area contributed by atoms with Crippen molar-refractivity contribution in [2.24, 2.45) is 10.7 Å². The first-order valence-electron chi connectivity index (χ1n) is 8.40. The van der Waals surface area contributed by atoms with Crippen molar-refractivity contribution >= 4 is 27.2 Å². The standard InChI is InChI=1S/C19H18N4O4S/c1-26-15-3-2-4-16(11-15)28(24,25)22-13-5-7-14(8-6-13)23-12-21-19-17(18(23)20)9-10-27-19/h2-11,22H,12,20H2,1H3. The highest BCUT2D eigenvalue weighted by Gasteiger charge is 2.17. The summed E-state index contributed by atoms with van der Waals surface area (Å²) in [6.45, 7) is 0.321. The third-order valence-corrected chi connectivity index (χ3v) is 5.73. The topological polar surface area (TPSA) is 110 Å². The molecule has 0 saturated heterocycles. The number of nitrogens with zero attached hydrogens (tertiary/aromatic N) is 2. The van der Waals surface area contributed by atoms with E-state index in [9.17, 15) is 8.42 Å². The average molecular weight is 398 g/mol. The summed E-state index contributed by atoms with van der Waals surface area (Å²) in [7, 11) is -2.25. The lowest BCUT2D eigenvalue weighted by Gasteiger charge is -2.24. The SMILES string of the molecule is COc1cccc(S(=O)(=O)Nc2ccc(N3CN=c4occc4=C3N)cc2)c1. The minimum absolute atomic E-state index is 0.121. The van der Waals surface area contributed by atoms with Crippen LogP contribution in [0.15, 0.2) is 75.2 Å². The number of ether oxygens (including phenoxy) is 1. The van der Waals surface area contributed by atoms with Crippen molar-refractivity contribution in [1.82, 2.24) is 0 Å². The van der Waals surface area contributed by atoms with Gasteiger partial charge < -0.3 is 19.8 Å². The van der Waals surface area contributed by atoms with E-state index in [1.54, 1.807) is 48.7 Å². The number of nitrogens with one attached hydrogen (secondary N) is 1. The first-order chi connectivity index (χ1) is 13.5. The van der Waals surface area contributed by atoms with Crippen LogP contribution in [0.5, 0.6) is 5.75 Å². The molecule has 1 aliphatic rings. The van der Waals surface area contributed by atoms with Crippen molar-refractivity contribution in [2.45, 2.75) is 4.90 Å². The smallest absolute Gasteiger partial charge is 0.262 e. The van der Waals surface area contributed by atoms with Gasteiger partial charge >= 0.3 is 0 Å². The van der Waals surface area contributed by atoms with E-state index in [0.29, 0.717) is 29.5 Å². The number of rotatable bonds is 5. The Bertz CT molecular complexity index is 1230. The number of benzene rings is 2. The second-order valence-corrected chi connectivity index (χ2v) is 7.77. The average Bonchev–Trinajstić information content (AvgIpc) is 3.19. The van der Waals surface area contributed by atoms with Gasteiger partial charge in [0.05, 0.1) is 23.5 Å². The number of anilines is 2. The van der Waals surface area contributed by atoms with Gasteiger partial charge in [0, 0.05) is 17.4 Å². The van der Waals surface area contributed by atoms with Crippen molar-refractivity contribution in [3.63, 3.8) is 0 Å². The highest BCUT2D eigenvalue weighted by Crippen LogP contribution is 2.24. The van der Waals surface area contributed by atoms with Gasteiger partial charge in [-0.15, -0.1) is 0 Å². The molecule has 8 nitrogen and oxygen atoms in total. The van der Waals surface area contributed by atoms with E-state index in [4.69, 9.17) is 14.9 Å². The third kappa shape index (κ3) is 3.27.